The van der Waals surface area contributed by atoms with Gasteiger partial charge in [-0.15, -0.1) is 0 Å². The summed E-state index contributed by atoms with van der Waals surface area (Å²) in [5.41, 5.74) is 1.83. The molecule has 0 unspecified atom stereocenters. The molecular formula is C22H24N2O4S. The van der Waals surface area contributed by atoms with Gasteiger partial charge in [-0.2, -0.15) is 0 Å². The zero-order valence-corrected chi connectivity index (χ0v) is 17.5. The topological polar surface area (TPSA) is 60.0 Å². The number of carbonyl (C=O) groups is 1. The fourth-order valence-electron chi connectivity index (χ4n) is 2.95. The van der Waals surface area contributed by atoms with Crippen LogP contribution >= 0.6 is 12.2 Å². The van der Waals surface area contributed by atoms with Gasteiger partial charge in [0.25, 0.3) is 5.91 Å². The molecule has 0 bridgehead atoms. The minimum atomic E-state index is -0.226. The molecule has 29 heavy (non-hydrogen) atoms. The van der Waals surface area contributed by atoms with E-state index in [0.29, 0.717) is 42.1 Å². The second-order valence-electron chi connectivity index (χ2n) is 6.12. The van der Waals surface area contributed by atoms with Crippen molar-refractivity contribution in [2.45, 2.75) is 20.8 Å². The summed E-state index contributed by atoms with van der Waals surface area (Å²) in [5, 5.41) is 3.33. The zero-order chi connectivity index (χ0) is 20.8. The van der Waals surface area contributed by atoms with Crippen LogP contribution < -0.4 is 24.4 Å². The number of thiocarbonyl (C=S) groups is 1. The maximum absolute atomic E-state index is 13.0. The standard InChI is InChI=1S/C22H24N2O4S/c1-4-26-17-11-8-16(9-12-17)24-21(25)19(23-22(24)29)13-15-7-10-18(27-5-2)14-20(15)28-6-3/h7-14H,4-6H2,1-3H3,(H,23,29)/b19-13-. The van der Waals surface area contributed by atoms with E-state index in [-0.39, 0.29) is 5.91 Å². The van der Waals surface area contributed by atoms with Gasteiger partial charge in [-0.25, -0.2) is 0 Å². The molecule has 2 aromatic rings. The van der Waals surface area contributed by atoms with Crippen molar-refractivity contribution in [1.82, 2.24) is 5.32 Å². The van der Waals surface area contributed by atoms with E-state index in [1.165, 1.54) is 4.90 Å². The molecule has 2 aromatic carbocycles. The van der Waals surface area contributed by atoms with Gasteiger partial charge in [0.1, 0.15) is 22.9 Å². The number of carbonyl (C=O) groups excluding carboxylic acids is 1. The van der Waals surface area contributed by atoms with Gasteiger partial charge in [-0.1, -0.05) is 0 Å². The molecule has 7 heteroatoms. The lowest BCUT2D eigenvalue weighted by atomic mass is 10.1. The minimum absolute atomic E-state index is 0.226. The Morgan fingerprint density at radius 2 is 1.55 bits per heavy atom. The van der Waals surface area contributed by atoms with Crippen molar-refractivity contribution in [1.29, 1.82) is 0 Å². The summed E-state index contributed by atoms with van der Waals surface area (Å²) in [7, 11) is 0. The van der Waals surface area contributed by atoms with Crippen LogP contribution in [-0.2, 0) is 4.79 Å². The lowest BCUT2D eigenvalue weighted by Gasteiger charge is -2.14. The van der Waals surface area contributed by atoms with Gasteiger partial charge in [0, 0.05) is 11.6 Å². The van der Waals surface area contributed by atoms with Crippen molar-refractivity contribution in [3.63, 3.8) is 0 Å². The third-order valence-corrected chi connectivity index (χ3v) is 4.46. The maximum atomic E-state index is 13.0. The fourth-order valence-corrected chi connectivity index (χ4v) is 3.25. The molecule has 152 valence electrons. The first-order chi connectivity index (χ1) is 14.1. The number of ether oxygens (including phenoxy) is 3. The van der Waals surface area contributed by atoms with E-state index in [9.17, 15) is 4.79 Å². The summed E-state index contributed by atoms with van der Waals surface area (Å²) >= 11 is 5.39. The van der Waals surface area contributed by atoms with E-state index in [4.69, 9.17) is 26.4 Å². The maximum Gasteiger partial charge on any atom is 0.281 e. The van der Waals surface area contributed by atoms with E-state index in [2.05, 4.69) is 5.32 Å². The summed E-state index contributed by atoms with van der Waals surface area (Å²) in [5.74, 6) is 1.88. The van der Waals surface area contributed by atoms with Crippen LogP contribution in [0.4, 0.5) is 5.69 Å². The molecule has 1 saturated heterocycles. The van der Waals surface area contributed by atoms with Gasteiger partial charge in [0.15, 0.2) is 5.11 Å². The molecule has 1 fully saturated rings. The van der Waals surface area contributed by atoms with Crippen LogP contribution in [0.3, 0.4) is 0 Å². The summed E-state index contributed by atoms with van der Waals surface area (Å²) in [6.45, 7) is 7.41. The van der Waals surface area contributed by atoms with Gasteiger partial charge >= 0.3 is 0 Å². The molecule has 1 amide bonds. The second-order valence-corrected chi connectivity index (χ2v) is 6.51. The van der Waals surface area contributed by atoms with Crippen LogP contribution in [0.25, 0.3) is 6.08 Å². The molecule has 0 spiro atoms. The molecule has 1 aliphatic rings. The number of nitrogens with one attached hydrogen (secondary N) is 1. The molecule has 0 atom stereocenters. The average Bonchev–Trinajstić information content (AvgIpc) is 2.98. The monoisotopic (exact) mass is 412 g/mol. The average molecular weight is 413 g/mol. The summed E-state index contributed by atoms with van der Waals surface area (Å²) < 4.78 is 16.7. The largest absolute Gasteiger partial charge is 0.494 e. The van der Waals surface area contributed by atoms with Crippen molar-refractivity contribution < 1.29 is 19.0 Å². The van der Waals surface area contributed by atoms with Crippen LogP contribution in [0.15, 0.2) is 48.2 Å². The molecular weight excluding hydrogens is 388 g/mol. The second kappa shape index (κ2) is 9.43. The lowest BCUT2D eigenvalue weighted by Crippen LogP contribution is -2.30. The van der Waals surface area contributed by atoms with Crippen LogP contribution in [0, 0.1) is 0 Å². The highest BCUT2D eigenvalue weighted by molar-refractivity contribution is 7.80. The highest BCUT2D eigenvalue weighted by Crippen LogP contribution is 2.29. The molecule has 0 aliphatic carbocycles. The number of rotatable bonds is 8. The van der Waals surface area contributed by atoms with Crippen molar-refractivity contribution in [2.24, 2.45) is 0 Å². The summed E-state index contributed by atoms with van der Waals surface area (Å²) in [6, 6.07) is 12.8. The van der Waals surface area contributed by atoms with E-state index < -0.39 is 0 Å². The third kappa shape index (κ3) is 4.68. The summed E-state index contributed by atoms with van der Waals surface area (Å²) in [6.07, 6.45) is 1.74. The Bertz CT molecular complexity index is 925. The van der Waals surface area contributed by atoms with E-state index in [1.807, 2.05) is 63.2 Å². The Kier molecular flexibility index (Phi) is 6.72. The highest BCUT2D eigenvalue weighted by Gasteiger charge is 2.32. The van der Waals surface area contributed by atoms with E-state index in [0.717, 1.165) is 17.1 Å². The Balaban J connectivity index is 1.87. The third-order valence-electron chi connectivity index (χ3n) is 4.18. The van der Waals surface area contributed by atoms with Crippen molar-refractivity contribution >= 4 is 35.0 Å². The molecule has 1 N–H and O–H groups in total. The minimum Gasteiger partial charge on any atom is -0.494 e. The van der Waals surface area contributed by atoms with Crippen molar-refractivity contribution in [3.05, 3.63) is 53.7 Å². The van der Waals surface area contributed by atoms with Gasteiger partial charge in [-0.05, 0) is 75.5 Å². The first kappa shape index (κ1) is 20.7. The molecule has 6 nitrogen and oxygen atoms in total. The predicted octanol–water partition coefficient (Wildman–Crippen LogP) is 4.14. The number of hydrogen-bond donors (Lipinski definition) is 1. The highest BCUT2D eigenvalue weighted by atomic mass is 32.1. The number of anilines is 1. The smallest absolute Gasteiger partial charge is 0.281 e. The lowest BCUT2D eigenvalue weighted by molar-refractivity contribution is -0.113. The van der Waals surface area contributed by atoms with Gasteiger partial charge < -0.3 is 19.5 Å². The number of benzene rings is 2. The number of amides is 1. The molecule has 0 aromatic heterocycles. The van der Waals surface area contributed by atoms with Gasteiger partial charge in [-0.3, -0.25) is 9.69 Å². The molecule has 1 aliphatic heterocycles. The van der Waals surface area contributed by atoms with E-state index >= 15 is 0 Å². The number of hydrogen-bond acceptors (Lipinski definition) is 5. The SMILES string of the molecule is CCOc1ccc(N2C(=O)/C(=C/c3ccc(OCC)cc3OCC)NC2=S)cc1. The molecule has 0 radical (unpaired) electrons. The van der Waals surface area contributed by atoms with Crippen LogP contribution in [-0.4, -0.2) is 30.8 Å². The first-order valence-electron chi connectivity index (χ1n) is 9.57. The molecule has 3 rings (SSSR count). The van der Waals surface area contributed by atoms with Crippen LogP contribution in [0.2, 0.25) is 0 Å². The number of nitrogens with zero attached hydrogens (tertiary/aromatic N) is 1. The Morgan fingerprint density at radius 3 is 2.21 bits per heavy atom. The van der Waals surface area contributed by atoms with Gasteiger partial charge in [0.05, 0.1) is 25.5 Å². The zero-order valence-electron chi connectivity index (χ0n) is 16.7. The van der Waals surface area contributed by atoms with Crippen molar-refractivity contribution in [3.8, 4) is 17.2 Å². The Labute approximate surface area is 176 Å². The van der Waals surface area contributed by atoms with Crippen molar-refractivity contribution in [2.75, 3.05) is 24.7 Å². The van der Waals surface area contributed by atoms with Gasteiger partial charge in [0.2, 0.25) is 0 Å². The predicted molar refractivity (Wildman–Crippen MR) is 118 cm³/mol. The normalized spacial score (nSPS) is 14.9. The van der Waals surface area contributed by atoms with Crippen LogP contribution in [0.1, 0.15) is 26.3 Å². The Morgan fingerprint density at radius 1 is 0.931 bits per heavy atom. The fraction of sp³-hybridized carbons (Fsp3) is 0.273. The quantitative estimate of drug-likeness (QED) is 0.519. The Hall–Kier alpha value is -3.06. The van der Waals surface area contributed by atoms with E-state index in [1.54, 1.807) is 6.08 Å². The summed E-state index contributed by atoms with van der Waals surface area (Å²) in [4.78, 5) is 14.4. The first-order valence-corrected chi connectivity index (χ1v) is 9.97. The molecule has 1 heterocycles. The van der Waals surface area contributed by atoms with Crippen LogP contribution in [0.5, 0.6) is 17.2 Å². The molecule has 0 saturated carbocycles.